The van der Waals surface area contributed by atoms with Crippen molar-refractivity contribution in [1.29, 1.82) is 0 Å². The molecule has 0 unspecified atom stereocenters. The number of benzene rings is 2. The molecular formula is C19H15NO5S. The van der Waals surface area contributed by atoms with Crippen LogP contribution in [-0.2, 0) is 16.6 Å². The fourth-order valence-electron chi connectivity index (χ4n) is 3.16. The van der Waals surface area contributed by atoms with Crippen molar-refractivity contribution >= 4 is 26.9 Å². The number of amides is 1. The molecule has 0 spiro atoms. The number of carbonyl (C=O) groups is 1. The highest BCUT2D eigenvalue weighted by atomic mass is 32.2. The molecule has 1 amide bonds. The Labute approximate surface area is 149 Å². The first-order chi connectivity index (χ1) is 12.3. The summed E-state index contributed by atoms with van der Waals surface area (Å²) in [6, 6.07) is 10.9. The van der Waals surface area contributed by atoms with Crippen LogP contribution in [0.2, 0.25) is 0 Å². The van der Waals surface area contributed by atoms with Crippen LogP contribution >= 0.6 is 0 Å². The van der Waals surface area contributed by atoms with Crippen LogP contribution in [0, 0.1) is 13.8 Å². The van der Waals surface area contributed by atoms with E-state index in [4.69, 9.17) is 4.42 Å². The van der Waals surface area contributed by atoms with Crippen molar-refractivity contribution in [3.05, 3.63) is 75.1 Å². The molecule has 3 aromatic rings. The van der Waals surface area contributed by atoms with Gasteiger partial charge in [0.25, 0.3) is 15.9 Å². The number of carbonyl (C=O) groups excluding carboxylic acids is 1. The van der Waals surface area contributed by atoms with Gasteiger partial charge in [0.1, 0.15) is 10.5 Å². The standard InChI is InChI=1S/C19H15NO5S/c1-11-7-15-13(9-18(21)25-16(15)8-12(11)2)10-20-19(22)14-5-3-4-6-17(14)26(20,23)24/h3-9H,10H2,1-2H3. The normalized spacial score (nSPS) is 15.5. The summed E-state index contributed by atoms with van der Waals surface area (Å²) in [7, 11) is -3.94. The van der Waals surface area contributed by atoms with Crippen LogP contribution in [0.5, 0.6) is 0 Å². The molecule has 0 saturated carbocycles. The largest absolute Gasteiger partial charge is 0.423 e. The number of fused-ring (bicyclic) bond motifs is 2. The molecular weight excluding hydrogens is 354 g/mol. The van der Waals surface area contributed by atoms with E-state index in [-0.39, 0.29) is 17.0 Å². The quantitative estimate of drug-likeness (QED) is 0.649. The third kappa shape index (κ3) is 2.35. The number of sulfonamides is 1. The fraction of sp³-hybridized carbons (Fsp3) is 0.158. The van der Waals surface area contributed by atoms with E-state index < -0.39 is 21.6 Å². The van der Waals surface area contributed by atoms with Crippen molar-refractivity contribution in [3.63, 3.8) is 0 Å². The van der Waals surface area contributed by atoms with Gasteiger partial charge < -0.3 is 4.42 Å². The summed E-state index contributed by atoms with van der Waals surface area (Å²) in [5.74, 6) is -0.592. The Morgan fingerprint density at radius 1 is 1.00 bits per heavy atom. The number of aryl methyl sites for hydroxylation is 2. The number of hydrogen-bond acceptors (Lipinski definition) is 5. The average Bonchev–Trinajstić information content (AvgIpc) is 2.78. The van der Waals surface area contributed by atoms with E-state index in [1.807, 2.05) is 19.9 Å². The van der Waals surface area contributed by atoms with Crippen LogP contribution < -0.4 is 5.63 Å². The Kier molecular flexibility index (Phi) is 3.52. The summed E-state index contributed by atoms with van der Waals surface area (Å²) >= 11 is 0. The Bertz CT molecular complexity index is 1240. The minimum Gasteiger partial charge on any atom is -0.423 e. The van der Waals surface area contributed by atoms with Gasteiger partial charge in [-0.25, -0.2) is 17.5 Å². The molecule has 0 aliphatic carbocycles. The minimum absolute atomic E-state index is 0.00991. The third-order valence-electron chi connectivity index (χ3n) is 4.67. The number of rotatable bonds is 2. The molecule has 1 aromatic heterocycles. The molecule has 132 valence electrons. The van der Waals surface area contributed by atoms with Crippen molar-refractivity contribution in [2.45, 2.75) is 25.3 Å². The first-order valence-corrected chi connectivity index (χ1v) is 9.43. The van der Waals surface area contributed by atoms with Gasteiger partial charge in [0.15, 0.2) is 0 Å². The smallest absolute Gasteiger partial charge is 0.336 e. The molecule has 0 fully saturated rings. The summed E-state index contributed by atoms with van der Waals surface area (Å²) in [4.78, 5) is 24.5. The van der Waals surface area contributed by atoms with Gasteiger partial charge in [0.05, 0.1) is 12.1 Å². The first kappa shape index (κ1) is 16.5. The first-order valence-electron chi connectivity index (χ1n) is 7.99. The molecule has 2 aromatic carbocycles. The molecule has 26 heavy (non-hydrogen) atoms. The highest BCUT2D eigenvalue weighted by Crippen LogP contribution is 2.32. The zero-order chi connectivity index (χ0) is 18.6. The van der Waals surface area contributed by atoms with E-state index in [9.17, 15) is 18.0 Å². The zero-order valence-corrected chi connectivity index (χ0v) is 15.0. The zero-order valence-electron chi connectivity index (χ0n) is 14.1. The molecule has 1 aliphatic heterocycles. The van der Waals surface area contributed by atoms with E-state index in [1.54, 1.807) is 18.2 Å². The minimum atomic E-state index is -3.94. The molecule has 0 radical (unpaired) electrons. The van der Waals surface area contributed by atoms with E-state index in [0.717, 1.165) is 15.4 Å². The van der Waals surface area contributed by atoms with Crippen LogP contribution in [0.4, 0.5) is 0 Å². The lowest BCUT2D eigenvalue weighted by Crippen LogP contribution is -2.29. The summed E-state index contributed by atoms with van der Waals surface area (Å²) in [5.41, 5.74) is 2.30. The van der Waals surface area contributed by atoms with E-state index in [0.29, 0.717) is 16.5 Å². The number of hydrogen-bond donors (Lipinski definition) is 0. The van der Waals surface area contributed by atoms with Crippen LogP contribution in [0.1, 0.15) is 27.0 Å². The maximum atomic E-state index is 12.7. The molecule has 7 heteroatoms. The van der Waals surface area contributed by atoms with Crippen LogP contribution in [0.15, 0.2) is 56.6 Å². The molecule has 0 N–H and O–H groups in total. The van der Waals surface area contributed by atoms with Gasteiger partial charge in [-0.05, 0) is 54.8 Å². The highest BCUT2D eigenvalue weighted by molar-refractivity contribution is 7.90. The summed E-state index contributed by atoms with van der Waals surface area (Å²) < 4.78 is 31.5. The monoisotopic (exact) mass is 369 g/mol. The summed E-state index contributed by atoms with van der Waals surface area (Å²) in [5, 5.41) is 0.617. The van der Waals surface area contributed by atoms with Crippen LogP contribution in [0.25, 0.3) is 11.0 Å². The van der Waals surface area contributed by atoms with Crippen molar-refractivity contribution < 1.29 is 17.6 Å². The molecule has 0 saturated heterocycles. The van der Waals surface area contributed by atoms with Crippen molar-refractivity contribution in [2.75, 3.05) is 0 Å². The topological polar surface area (TPSA) is 84.7 Å². The molecule has 0 atom stereocenters. The predicted molar refractivity (Wildman–Crippen MR) is 95.5 cm³/mol. The molecule has 0 bridgehead atoms. The third-order valence-corrected chi connectivity index (χ3v) is 6.46. The van der Waals surface area contributed by atoms with Gasteiger partial charge in [-0.1, -0.05) is 12.1 Å². The van der Waals surface area contributed by atoms with Crippen LogP contribution in [-0.4, -0.2) is 18.6 Å². The average molecular weight is 369 g/mol. The Morgan fingerprint density at radius 3 is 2.42 bits per heavy atom. The maximum absolute atomic E-state index is 12.7. The molecule has 6 nitrogen and oxygen atoms in total. The fourth-order valence-corrected chi connectivity index (χ4v) is 4.70. The molecule has 2 heterocycles. The Hall–Kier alpha value is -2.93. The second-order valence-electron chi connectivity index (χ2n) is 6.34. The second-order valence-corrected chi connectivity index (χ2v) is 8.17. The van der Waals surface area contributed by atoms with Gasteiger partial charge in [-0.3, -0.25) is 4.79 Å². The maximum Gasteiger partial charge on any atom is 0.336 e. The summed E-state index contributed by atoms with van der Waals surface area (Å²) in [6.07, 6.45) is 0. The lowest BCUT2D eigenvalue weighted by Gasteiger charge is -2.16. The van der Waals surface area contributed by atoms with Gasteiger partial charge >= 0.3 is 5.63 Å². The van der Waals surface area contributed by atoms with E-state index in [2.05, 4.69) is 0 Å². The van der Waals surface area contributed by atoms with Crippen molar-refractivity contribution in [3.8, 4) is 0 Å². The van der Waals surface area contributed by atoms with Crippen molar-refractivity contribution in [1.82, 2.24) is 4.31 Å². The lowest BCUT2D eigenvalue weighted by molar-refractivity contribution is 0.0865. The predicted octanol–water partition coefficient (Wildman–Crippen LogP) is 2.75. The Morgan fingerprint density at radius 2 is 1.69 bits per heavy atom. The van der Waals surface area contributed by atoms with Gasteiger partial charge in [-0.15, -0.1) is 0 Å². The van der Waals surface area contributed by atoms with E-state index in [1.165, 1.54) is 18.2 Å². The highest BCUT2D eigenvalue weighted by Gasteiger charge is 2.41. The second kappa shape index (κ2) is 5.54. The van der Waals surface area contributed by atoms with Gasteiger partial charge in [0, 0.05) is 11.5 Å². The van der Waals surface area contributed by atoms with Gasteiger partial charge in [0.2, 0.25) is 0 Å². The lowest BCUT2D eigenvalue weighted by atomic mass is 10.0. The van der Waals surface area contributed by atoms with Crippen molar-refractivity contribution in [2.24, 2.45) is 0 Å². The number of nitrogens with zero attached hydrogens (tertiary/aromatic N) is 1. The SMILES string of the molecule is Cc1cc2oc(=O)cc(CN3C(=O)c4ccccc4S3(=O)=O)c2cc1C. The van der Waals surface area contributed by atoms with E-state index >= 15 is 0 Å². The summed E-state index contributed by atoms with van der Waals surface area (Å²) in [6.45, 7) is 3.59. The molecule has 1 aliphatic rings. The van der Waals surface area contributed by atoms with Gasteiger partial charge in [-0.2, -0.15) is 0 Å². The Balaban J connectivity index is 1.88. The molecule has 4 rings (SSSR count). The van der Waals surface area contributed by atoms with Crippen LogP contribution in [0.3, 0.4) is 0 Å².